The van der Waals surface area contributed by atoms with Gasteiger partial charge in [-0.2, -0.15) is 0 Å². The number of anilines is 1. The lowest BCUT2D eigenvalue weighted by atomic mass is 10.3. The minimum atomic E-state index is 0.0875. The van der Waals surface area contributed by atoms with Crippen molar-refractivity contribution in [2.75, 3.05) is 11.9 Å². The zero-order chi connectivity index (χ0) is 12.8. The molecule has 1 aromatic heterocycles. The van der Waals surface area contributed by atoms with Gasteiger partial charge in [0.2, 0.25) is 5.96 Å². The smallest absolute Gasteiger partial charge is 0.202 e. The molecule has 0 saturated carbocycles. The number of hydrogen-bond acceptors (Lipinski definition) is 3. The number of rotatable bonds is 2. The molecule has 17 heavy (non-hydrogen) atoms. The van der Waals surface area contributed by atoms with Gasteiger partial charge in [0.1, 0.15) is 0 Å². The Morgan fingerprint density at radius 2 is 2.12 bits per heavy atom. The molecule has 0 saturated heterocycles. The Morgan fingerprint density at radius 1 is 1.41 bits per heavy atom. The van der Waals surface area contributed by atoms with Crippen molar-refractivity contribution in [3.63, 3.8) is 0 Å². The third-order valence-electron chi connectivity index (χ3n) is 2.17. The summed E-state index contributed by atoms with van der Waals surface area (Å²) >= 11 is 0. The maximum atomic E-state index is 7.95. The van der Waals surface area contributed by atoms with Gasteiger partial charge in [0.25, 0.3) is 0 Å². The van der Waals surface area contributed by atoms with Crippen LogP contribution in [0.4, 0.5) is 5.69 Å². The topological polar surface area (TPSA) is 87.9 Å². The van der Waals surface area contributed by atoms with Crippen LogP contribution >= 0.6 is 0 Å². The third kappa shape index (κ3) is 3.44. The van der Waals surface area contributed by atoms with Crippen LogP contribution in [0.1, 0.15) is 13.8 Å². The highest BCUT2D eigenvalue weighted by Gasteiger charge is 2.16. The standard InChI is InChI=1S/C11H18N6/c1-8(2)17(9-5-4-6-15-7-9)11(13)16-10(12)14-3/h4-8H,1-3H3,(H4,12,13,14,16). The van der Waals surface area contributed by atoms with E-state index in [1.54, 1.807) is 24.3 Å². The lowest BCUT2D eigenvalue weighted by Gasteiger charge is -2.29. The summed E-state index contributed by atoms with van der Waals surface area (Å²) in [5.41, 5.74) is 0.823. The Hall–Kier alpha value is -2.11. The summed E-state index contributed by atoms with van der Waals surface area (Å²) in [5, 5.41) is 20.7. The predicted octanol–water partition coefficient (Wildman–Crippen LogP) is 0.975. The van der Waals surface area contributed by atoms with E-state index < -0.39 is 0 Å². The zero-order valence-electron chi connectivity index (χ0n) is 10.3. The van der Waals surface area contributed by atoms with Crippen molar-refractivity contribution in [3.8, 4) is 0 Å². The highest BCUT2D eigenvalue weighted by Crippen LogP contribution is 2.14. The molecule has 0 aliphatic heterocycles. The normalized spacial score (nSPS) is 9.88. The fourth-order valence-corrected chi connectivity index (χ4v) is 1.42. The summed E-state index contributed by atoms with van der Waals surface area (Å²) in [6.45, 7) is 3.96. The van der Waals surface area contributed by atoms with Gasteiger partial charge in [-0.1, -0.05) is 0 Å². The summed E-state index contributed by atoms with van der Waals surface area (Å²) in [6.07, 6.45) is 3.38. The van der Waals surface area contributed by atoms with Gasteiger partial charge in [0, 0.05) is 19.3 Å². The molecular weight excluding hydrogens is 216 g/mol. The number of nitrogens with zero attached hydrogens (tertiary/aromatic N) is 2. The maximum Gasteiger partial charge on any atom is 0.202 e. The van der Waals surface area contributed by atoms with Crippen molar-refractivity contribution in [1.82, 2.24) is 15.6 Å². The molecule has 92 valence electrons. The summed E-state index contributed by atoms with van der Waals surface area (Å²) in [4.78, 5) is 5.80. The molecule has 0 unspecified atom stereocenters. The number of hydrogen-bond donors (Lipinski definition) is 4. The van der Waals surface area contributed by atoms with Crippen molar-refractivity contribution in [3.05, 3.63) is 24.5 Å². The summed E-state index contributed by atoms with van der Waals surface area (Å²) < 4.78 is 0. The molecule has 1 aromatic rings. The predicted molar refractivity (Wildman–Crippen MR) is 69.5 cm³/mol. The van der Waals surface area contributed by atoms with Gasteiger partial charge in [0.15, 0.2) is 5.96 Å². The number of pyridine rings is 1. The molecule has 0 fully saturated rings. The van der Waals surface area contributed by atoms with Crippen LogP contribution in [-0.4, -0.2) is 30.0 Å². The van der Waals surface area contributed by atoms with E-state index in [9.17, 15) is 0 Å². The van der Waals surface area contributed by atoms with Crippen LogP contribution < -0.4 is 15.5 Å². The monoisotopic (exact) mass is 234 g/mol. The second-order valence-electron chi connectivity index (χ2n) is 3.77. The maximum absolute atomic E-state index is 7.95. The van der Waals surface area contributed by atoms with Gasteiger partial charge in [-0.05, 0) is 26.0 Å². The van der Waals surface area contributed by atoms with Gasteiger partial charge in [-0.15, -0.1) is 0 Å². The van der Waals surface area contributed by atoms with Gasteiger partial charge in [-0.3, -0.25) is 21.1 Å². The minimum Gasteiger partial charge on any atom is -0.359 e. The minimum absolute atomic E-state index is 0.0875. The lowest BCUT2D eigenvalue weighted by molar-refractivity contribution is 0.788. The molecule has 1 rings (SSSR count). The van der Waals surface area contributed by atoms with E-state index in [1.165, 1.54) is 0 Å². The first-order chi connectivity index (χ1) is 8.06. The molecule has 6 heteroatoms. The van der Waals surface area contributed by atoms with Crippen molar-refractivity contribution in [1.29, 1.82) is 10.8 Å². The zero-order valence-corrected chi connectivity index (χ0v) is 10.3. The first-order valence-electron chi connectivity index (χ1n) is 5.37. The second-order valence-corrected chi connectivity index (χ2v) is 3.77. The van der Waals surface area contributed by atoms with E-state index in [2.05, 4.69) is 15.6 Å². The van der Waals surface area contributed by atoms with Gasteiger partial charge >= 0.3 is 0 Å². The molecule has 0 spiro atoms. The van der Waals surface area contributed by atoms with Gasteiger partial charge in [0.05, 0.1) is 11.9 Å². The van der Waals surface area contributed by atoms with E-state index in [1.807, 2.05) is 26.0 Å². The Bertz CT molecular complexity index is 386. The van der Waals surface area contributed by atoms with Gasteiger partial charge < -0.3 is 10.2 Å². The van der Waals surface area contributed by atoms with E-state index in [0.29, 0.717) is 0 Å². The number of nitrogens with one attached hydrogen (secondary N) is 4. The van der Waals surface area contributed by atoms with Crippen molar-refractivity contribution >= 4 is 17.6 Å². The molecule has 0 amide bonds. The first kappa shape index (κ1) is 13.0. The van der Waals surface area contributed by atoms with E-state index in [4.69, 9.17) is 10.8 Å². The molecule has 0 bridgehead atoms. The molecule has 0 aromatic carbocycles. The van der Waals surface area contributed by atoms with E-state index in [0.717, 1.165) is 5.69 Å². The molecule has 0 radical (unpaired) electrons. The Morgan fingerprint density at radius 3 is 2.59 bits per heavy atom. The molecular formula is C11H18N6. The van der Waals surface area contributed by atoms with Crippen LogP contribution in [0.5, 0.6) is 0 Å². The number of aromatic nitrogens is 1. The highest BCUT2D eigenvalue weighted by atomic mass is 15.3. The van der Waals surface area contributed by atoms with Crippen molar-refractivity contribution in [2.45, 2.75) is 19.9 Å². The average Bonchev–Trinajstić information content (AvgIpc) is 2.29. The Labute approximate surface area is 101 Å². The molecule has 6 nitrogen and oxygen atoms in total. The largest absolute Gasteiger partial charge is 0.359 e. The molecule has 0 aliphatic carbocycles. The highest BCUT2D eigenvalue weighted by molar-refractivity contribution is 6.04. The van der Waals surface area contributed by atoms with Crippen molar-refractivity contribution < 1.29 is 0 Å². The van der Waals surface area contributed by atoms with Crippen LogP contribution in [0, 0.1) is 10.8 Å². The Balaban J connectivity index is 2.87. The summed E-state index contributed by atoms with van der Waals surface area (Å²) in [6, 6.07) is 3.80. The summed E-state index contributed by atoms with van der Waals surface area (Å²) in [7, 11) is 1.63. The Kier molecular flexibility index (Phi) is 4.45. The van der Waals surface area contributed by atoms with Crippen LogP contribution in [0.25, 0.3) is 0 Å². The first-order valence-corrected chi connectivity index (χ1v) is 5.37. The van der Waals surface area contributed by atoms with Crippen LogP contribution in [-0.2, 0) is 0 Å². The van der Waals surface area contributed by atoms with Gasteiger partial charge in [-0.25, -0.2) is 0 Å². The average molecular weight is 234 g/mol. The van der Waals surface area contributed by atoms with E-state index >= 15 is 0 Å². The van der Waals surface area contributed by atoms with Crippen LogP contribution in [0.15, 0.2) is 24.5 Å². The fraction of sp³-hybridized carbons (Fsp3) is 0.364. The van der Waals surface area contributed by atoms with Crippen molar-refractivity contribution in [2.24, 2.45) is 0 Å². The number of guanidine groups is 2. The molecule has 0 aliphatic rings. The molecule has 1 heterocycles. The quantitative estimate of drug-likeness (QED) is 0.453. The third-order valence-corrected chi connectivity index (χ3v) is 2.17. The van der Waals surface area contributed by atoms with Crippen LogP contribution in [0.2, 0.25) is 0 Å². The lowest BCUT2D eigenvalue weighted by Crippen LogP contribution is -2.49. The molecule has 0 atom stereocenters. The van der Waals surface area contributed by atoms with E-state index in [-0.39, 0.29) is 18.0 Å². The molecule has 4 N–H and O–H groups in total. The SMILES string of the molecule is CNC(=N)NC(=N)N(c1cccnc1)C(C)C. The second kappa shape index (κ2) is 5.83. The van der Waals surface area contributed by atoms with Crippen LogP contribution in [0.3, 0.4) is 0 Å². The fourth-order valence-electron chi connectivity index (χ4n) is 1.42. The summed E-state index contributed by atoms with van der Waals surface area (Å²) in [5.74, 6) is 0.233.